The summed E-state index contributed by atoms with van der Waals surface area (Å²) in [6.07, 6.45) is 3.00. The second-order valence-corrected chi connectivity index (χ2v) is 5.54. The summed E-state index contributed by atoms with van der Waals surface area (Å²) in [4.78, 5) is 23.9. The van der Waals surface area contributed by atoms with E-state index < -0.39 is 4.92 Å². The number of aldehydes is 1. The van der Waals surface area contributed by atoms with E-state index in [1.54, 1.807) is 6.07 Å². The molecule has 0 N–H and O–H groups in total. The van der Waals surface area contributed by atoms with Gasteiger partial charge in [-0.15, -0.1) is 0 Å². The number of nitrogens with zero attached hydrogens (tertiary/aromatic N) is 2. The molecule has 6 heteroatoms. The van der Waals surface area contributed by atoms with Gasteiger partial charge >= 0.3 is 5.69 Å². The molecule has 1 unspecified atom stereocenters. The molecule has 1 aromatic carbocycles. The number of ether oxygens (including phenoxy) is 1. The lowest BCUT2D eigenvalue weighted by molar-refractivity contribution is -0.386. The lowest BCUT2D eigenvalue weighted by Crippen LogP contribution is -2.32. The summed E-state index contributed by atoms with van der Waals surface area (Å²) in [5, 5.41) is 11.2. The normalized spacial score (nSPS) is 18.1. The average Bonchev–Trinajstić information content (AvgIpc) is 2.58. The van der Waals surface area contributed by atoms with Gasteiger partial charge in [0.1, 0.15) is 6.29 Å². The Morgan fingerprint density at radius 2 is 2.19 bits per heavy atom. The van der Waals surface area contributed by atoms with Crippen LogP contribution >= 0.6 is 0 Å². The number of hydrogen-bond acceptors (Lipinski definition) is 5. The maximum atomic E-state index is 11.2. The molecule has 21 heavy (non-hydrogen) atoms. The number of anilines is 1. The predicted octanol–water partition coefficient (Wildman–Crippen LogP) is 2.72. The van der Waals surface area contributed by atoms with Gasteiger partial charge < -0.3 is 14.4 Å². The molecular formula is C15H20N2O4. The van der Waals surface area contributed by atoms with Crippen molar-refractivity contribution in [1.29, 1.82) is 0 Å². The number of carbonyl (C=O) groups excluding carboxylic acids is 1. The van der Waals surface area contributed by atoms with Crippen LogP contribution in [-0.4, -0.2) is 30.4 Å². The predicted molar refractivity (Wildman–Crippen MR) is 80.1 cm³/mol. The molecule has 0 aromatic heterocycles. The summed E-state index contributed by atoms with van der Waals surface area (Å²) in [5.41, 5.74) is 1.65. The van der Waals surface area contributed by atoms with Crippen molar-refractivity contribution in [2.45, 2.75) is 45.3 Å². The summed E-state index contributed by atoms with van der Waals surface area (Å²) in [6, 6.07) is 2.97. The largest absolute Gasteiger partial charge is 0.484 e. The summed E-state index contributed by atoms with van der Waals surface area (Å²) in [6.45, 7) is 3.69. The molecule has 0 radical (unpaired) electrons. The lowest BCUT2D eigenvalue weighted by Gasteiger charge is -2.26. The highest BCUT2D eigenvalue weighted by atomic mass is 16.6. The topological polar surface area (TPSA) is 72.7 Å². The molecule has 0 spiro atoms. The number of nitro groups is 1. The van der Waals surface area contributed by atoms with Crippen LogP contribution in [0.4, 0.5) is 11.4 Å². The van der Waals surface area contributed by atoms with Crippen LogP contribution in [0.15, 0.2) is 12.1 Å². The van der Waals surface area contributed by atoms with Crippen molar-refractivity contribution in [3.05, 3.63) is 27.8 Å². The van der Waals surface area contributed by atoms with Crippen LogP contribution in [-0.2, 0) is 11.2 Å². The lowest BCUT2D eigenvalue weighted by atomic mass is 10.0. The highest BCUT2D eigenvalue weighted by Crippen LogP contribution is 2.41. The molecule has 0 fully saturated rings. The molecular weight excluding hydrogens is 272 g/mol. The number of nitro benzene ring substituents is 1. The van der Waals surface area contributed by atoms with Crippen LogP contribution in [0.2, 0.25) is 0 Å². The van der Waals surface area contributed by atoms with Gasteiger partial charge in [-0.3, -0.25) is 10.1 Å². The van der Waals surface area contributed by atoms with Gasteiger partial charge in [-0.25, -0.2) is 0 Å². The number of rotatable bonds is 4. The molecule has 1 aromatic rings. The van der Waals surface area contributed by atoms with E-state index in [1.165, 1.54) is 6.07 Å². The zero-order chi connectivity index (χ0) is 15.6. The number of fused-ring (bicyclic) bond motifs is 1. The van der Waals surface area contributed by atoms with Gasteiger partial charge in [0.05, 0.1) is 17.1 Å². The van der Waals surface area contributed by atoms with Gasteiger partial charge in [-0.2, -0.15) is 0 Å². The highest BCUT2D eigenvalue weighted by molar-refractivity contribution is 5.72. The zero-order valence-electron chi connectivity index (χ0n) is 12.5. The van der Waals surface area contributed by atoms with Crippen LogP contribution in [0.5, 0.6) is 5.75 Å². The monoisotopic (exact) mass is 292 g/mol. The first kappa shape index (κ1) is 15.3. The second kappa shape index (κ2) is 6.11. The van der Waals surface area contributed by atoms with Crippen LogP contribution in [0, 0.1) is 10.1 Å². The van der Waals surface area contributed by atoms with Gasteiger partial charge in [-0.1, -0.05) is 0 Å². The smallest absolute Gasteiger partial charge is 0.311 e. The number of carbonyl (C=O) groups is 1. The summed E-state index contributed by atoms with van der Waals surface area (Å²) in [5.74, 6) is 0.339. The van der Waals surface area contributed by atoms with Gasteiger partial charge in [0, 0.05) is 24.4 Å². The van der Waals surface area contributed by atoms with Crippen molar-refractivity contribution < 1.29 is 14.5 Å². The highest BCUT2D eigenvalue weighted by Gasteiger charge is 2.28. The summed E-state index contributed by atoms with van der Waals surface area (Å²) in [7, 11) is 1.84. The van der Waals surface area contributed by atoms with Crippen LogP contribution in [0.3, 0.4) is 0 Å². The number of likely N-dealkylation sites (N-methyl/N-ethyl adjacent to an activating group) is 1. The van der Waals surface area contributed by atoms with E-state index in [0.717, 1.165) is 30.4 Å². The van der Waals surface area contributed by atoms with E-state index in [0.29, 0.717) is 12.2 Å². The molecule has 0 saturated heterocycles. The molecule has 1 heterocycles. The number of benzene rings is 1. The van der Waals surface area contributed by atoms with E-state index in [1.807, 2.05) is 25.8 Å². The first-order valence-corrected chi connectivity index (χ1v) is 7.10. The number of hydrogen-bond donors (Lipinski definition) is 0. The quantitative estimate of drug-likeness (QED) is 0.484. The van der Waals surface area contributed by atoms with Crippen molar-refractivity contribution in [3.63, 3.8) is 0 Å². The maximum Gasteiger partial charge on any atom is 0.311 e. The van der Waals surface area contributed by atoms with Crippen molar-refractivity contribution in [3.8, 4) is 5.75 Å². The molecule has 0 saturated carbocycles. The molecule has 1 aliphatic heterocycles. The van der Waals surface area contributed by atoms with Crippen molar-refractivity contribution in [1.82, 2.24) is 0 Å². The van der Waals surface area contributed by atoms with E-state index in [2.05, 4.69) is 0 Å². The Hall–Kier alpha value is -2.11. The third-order valence-corrected chi connectivity index (χ3v) is 3.73. The zero-order valence-corrected chi connectivity index (χ0v) is 12.5. The standard InChI is InChI=1S/C15H20N2O4/c1-10(2)21-15-12-6-4-5-11(9-18)16(3)13(12)7-8-14(15)17(19)20/h7-11H,4-6H2,1-3H3. The van der Waals surface area contributed by atoms with Crippen molar-refractivity contribution in [2.24, 2.45) is 0 Å². The molecule has 114 valence electrons. The average molecular weight is 292 g/mol. The SMILES string of the molecule is CC(C)Oc1c([N+](=O)[O-])ccc2c1CCCC(C=O)N2C. The molecule has 2 rings (SSSR count). The van der Waals surface area contributed by atoms with E-state index in [-0.39, 0.29) is 17.8 Å². The van der Waals surface area contributed by atoms with Gasteiger partial charge in [-0.05, 0) is 39.2 Å². The molecule has 1 atom stereocenters. The molecule has 0 bridgehead atoms. The fourth-order valence-corrected chi connectivity index (χ4v) is 2.71. The fourth-order valence-electron chi connectivity index (χ4n) is 2.71. The second-order valence-electron chi connectivity index (χ2n) is 5.54. The molecule has 0 aliphatic carbocycles. The van der Waals surface area contributed by atoms with Crippen LogP contribution in [0.1, 0.15) is 32.3 Å². The van der Waals surface area contributed by atoms with Gasteiger partial charge in [0.25, 0.3) is 0 Å². The Labute approximate surface area is 123 Å². The first-order valence-electron chi connectivity index (χ1n) is 7.10. The van der Waals surface area contributed by atoms with E-state index in [4.69, 9.17) is 4.74 Å². The fraction of sp³-hybridized carbons (Fsp3) is 0.533. The summed E-state index contributed by atoms with van der Waals surface area (Å²) >= 11 is 0. The minimum absolute atomic E-state index is 0.0135. The van der Waals surface area contributed by atoms with Crippen molar-refractivity contribution >= 4 is 17.7 Å². The van der Waals surface area contributed by atoms with Crippen LogP contribution in [0.25, 0.3) is 0 Å². The Morgan fingerprint density at radius 1 is 1.48 bits per heavy atom. The molecule has 6 nitrogen and oxygen atoms in total. The molecule has 0 amide bonds. The third-order valence-electron chi connectivity index (χ3n) is 3.73. The van der Waals surface area contributed by atoms with Crippen LogP contribution < -0.4 is 9.64 Å². The minimum atomic E-state index is -0.417. The Kier molecular flexibility index (Phi) is 4.45. The Morgan fingerprint density at radius 3 is 2.76 bits per heavy atom. The van der Waals surface area contributed by atoms with E-state index >= 15 is 0 Å². The first-order chi connectivity index (χ1) is 9.95. The minimum Gasteiger partial charge on any atom is -0.484 e. The van der Waals surface area contributed by atoms with Gasteiger partial charge in [0.2, 0.25) is 5.75 Å². The maximum absolute atomic E-state index is 11.2. The third kappa shape index (κ3) is 2.99. The Balaban J connectivity index is 2.58. The van der Waals surface area contributed by atoms with Gasteiger partial charge in [0.15, 0.2) is 0 Å². The Bertz CT molecular complexity index is 557. The van der Waals surface area contributed by atoms with E-state index in [9.17, 15) is 14.9 Å². The van der Waals surface area contributed by atoms with Crippen molar-refractivity contribution in [2.75, 3.05) is 11.9 Å². The summed E-state index contributed by atoms with van der Waals surface area (Å²) < 4.78 is 5.72. The molecule has 1 aliphatic rings.